The van der Waals surface area contributed by atoms with E-state index in [0.29, 0.717) is 0 Å². The standard InChI is InChI=1S/C9H9ClO/c1-7(6-10)8-4-2-3-5-9(8)11/h2-6,11H,1H3/b7-6+. The smallest absolute Gasteiger partial charge is 0.123 e. The van der Waals surface area contributed by atoms with Gasteiger partial charge < -0.3 is 5.11 Å². The molecule has 11 heavy (non-hydrogen) atoms. The van der Waals surface area contributed by atoms with Gasteiger partial charge in [0, 0.05) is 11.1 Å². The third kappa shape index (κ3) is 1.75. The van der Waals surface area contributed by atoms with Crippen molar-refractivity contribution in [1.29, 1.82) is 0 Å². The zero-order valence-electron chi connectivity index (χ0n) is 6.21. The van der Waals surface area contributed by atoms with Crippen LogP contribution < -0.4 is 0 Å². The minimum absolute atomic E-state index is 0.266. The molecule has 1 nitrogen and oxygen atoms in total. The molecule has 0 bridgehead atoms. The number of phenolic OH excluding ortho intramolecular Hbond substituents is 1. The van der Waals surface area contributed by atoms with Gasteiger partial charge in [0.15, 0.2) is 0 Å². The number of hydrogen-bond donors (Lipinski definition) is 1. The first-order valence-electron chi connectivity index (χ1n) is 3.31. The molecule has 0 saturated heterocycles. The van der Waals surface area contributed by atoms with Gasteiger partial charge in [-0.15, -0.1) is 0 Å². The van der Waals surface area contributed by atoms with Crippen LogP contribution in [-0.2, 0) is 0 Å². The summed E-state index contributed by atoms with van der Waals surface area (Å²) >= 11 is 5.49. The molecule has 1 aromatic rings. The SMILES string of the molecule is C/C(=C\Cl)c1ccccc1O. The first-order chi connectivity index (χ1) is 5.25. The molecule has 0 radical (unpaired) electrons. The maximum absolute atomic E-state index is 9.31. The molecule has 0 aliphatic rings. The molecule has 0 fully saturated rings. The lowest BCUT2D eigenvalue weighted by atomic mass is 10.1. The summed E-state index contributed by atoms with van der Waals surface area (Å²) in [5.74, 6) is 0.266. The van der Waals surface area contributed by atoms with E-state index in [9.17, 15) is 5.11 Å². The quantitative estimate of drug-likeness (QED) is 0.684. The molecule has 0 unspecified atom stereocenters. The second-order valence-corrected chi connectivity index (χ2v) is 2.53. The van der Waals surface area contributed by atoms with Crippen LogP contribution in [0.4, 0.5) is 0 Å². The van der Waals surface area contributed by atoms with Crippen molar-refractivity contribution in [1.82, 2.24) is 0 Å². The summed E-state index contributed by atoms with van der Waals surface area (Å²) in [4.78, 5) is 0. The number of rotatable bonds is 1. The molecule has 0 atom stereocenters. The predicted molar refractivity (Wildman–Crippen MR) is 47.6 cm³/mol. The number of phenols is 1. The Bertz CT molecular complexity index is 279. The van der Waals surface area contributed by atoms with Crippen molar-refractivity contribution in [2.75, 3.05) is 0 Å². The number of benzene rings is 1. The highest BCUT2D eigenvalue weighted by Crippen LogP contribution is 2.24. The molecule has 0 amide bonds. The van der Waals surface area contributed by atoms with Crippen LogP contribution in [0.15, 0.2) is 29.8 Å². The Balaban J connectivity index is 3.14. The fourth-order valence-corrected chi connectivity index (χ4v) is 0.983. The third-order valence-corrected chi connectivity index (χ3v) is 1.82. The molecule has 0 heterocycles. The van der Waals surface area contributed by atoms with E-state index < -0.39 is 0 Å². The van der Waals surface area contributed by atoms with E-state index >= 15 is 0 Å². The van der Waals surface area contributed by atoms with Crippen LogP contribution in [0.2, 0.25) is 0 Å². The van der Waals surface area contributed by atoms with E-state index in [1.54, 1.807) is 12.1 Å². The Hall–Kier alpha value is -0.950. The van der Waals surface area contributed by atoms with Gasteiger partial charge in [0.2, 0.25) is 0 Å². The van der Waals surface area contributed by atoms with Crippen molar-refractivity contribution >= 4 is 17.2 Å². The summed E-state index contributed by atoms with van der Waals surface area (Å²) in [5, 5.41) is 9.31. The van der Waals surface area contributed by atoms with Gasteiger partial charge in [-0.2, -0.15) is 0 Å². The monoisotopic (exact) mass is 168 g/mol. The van der Waals surface area contributed by atoms with Crippen LogP contribution in [0.25, 0.3) is 5.57 Å². The minimum atomic E-state index is 0.266. The van der Waals surface area contributed by atoms with E-state index in [4.69, 9.17) is 11.6 Å². The summed E-state index contributed by atoms with van der Waals surface area (Å²) in [6, 6.07) is 7.10. The van der Waals surface area contributed by atoms with Gasteiger partial charge in [0.1, 0.15) is 5.75 Å². The summed E-state index contributed by atoms with van der Waals surface area (Å²) in [7, 11) is 0. The molecule has 1 aromatic carbocycles. The average molecular weight is 169 g/mol. The van der Waals surface area contributed by atoms with Crippen LogP contribution in [0.3, 0.4) is 0 Å². The molecular formula is C9H9ClO. The summed E-state index contributed by atoms with van der Waals surface area (Å²) in [6.07, 6.45) is 0. The summed E-state index contributed by atoms with van der Waals surface area (Å²) < 4.78 is 0. The molecule has 0 aliphatic heterocycles. The average Bonchev–Trinajstić information content (AvgIpc) is 2.04. The number of hydrogen-bond acceptors (Lipinski definition) is 1. The topological polar surface area (TPSA) is 20.2 Å². The molecule has 0 saturated carbocycles. The normalized spacial score (nSPS) is 11.6. The molecule has 0 spiro atoms. The molecule has 58 valence electrons. The summed E-state index contributed by atoms with van der Waals surface area (Å²) in [5.41, 5.74) is 3.10. The van der Waals surface area contributed by atoms with Crippen molar-refractivity contribution in [2.24, 2.45) is 0 Å². The largest absolute Gasteiger partial charge is 0.507 e. The van der Waals surface area contributed by atoms with Gasteiger partial charge in [-0.1, -0.05) is 29.8 Å². The molecule has 0 aromatic heterocycles. The fraction of sp³-hybridized carbons (Fsp3) is 0.111. The number of para-hydroxylation sites is 1. The molecule has 2 heteroatoms. The first-order valence-corrected chi connectivity index (χ1v) is 3.74. The second kappa shape index (κ2) is 3.44. The maximum Gasteiger partial charge on any atom is 0.123 e. The predicted octanol–water partition coefficient (Wildman–Crippen LogP) is 2.99. The van der Waals surface area contributed by atoms with Gasteiger partial charge >= 0.3 is 0 Å². The van der Waals surface area contributed by atoms with Gasteiger partial charge in [-0.3, -0.25) is 0 Å². The molecule has 0 aliphatic carbocycles. The Morgan fingerprint density at radius 2 is 2.09 bits per heavy atom. The third-order valence-electron chi connectivity index (χ3n) is 1.49. The van der Waals surface area contributed by atoms with Crippen LogP contribution >= 0.6 is 11.6 Å². The van der Waals surface area contributed by atoms with Crippen LogP contribution in [0, 0.1) is 0 Å². The number of halogens is 1. The van der Waals surface area contributed by atoms with Crippen LogP contribution in [0.5, 0.6) is 5.75 Å². The van der Waals surface area contributed by atoms with Gasteiger partial charge in [0.05, 0.1) is 0 Å². The molecular weight excluding hydrogens is 160 g/mol. The van der Waals surface area contributed by atoms with Crippen molar-refractivity contribution in [3.05, 3.63) is 35.4 Å². The van der Waals surface area contributed by atoms with Crippen LogP contribution in [0.1, 0.15) is 12.5 Å². The van der Waals surface area contributed by atoms with Crippen molar-refractivity contribution < 1.29 is 5.11 Å². The lowest BCUT2D eigenvalue weighted by Crippen LogP contribution is -1.78. The number of allylic oxidation sites excluding steroid dienone is 1. The van der Waals surface area contributed by atoms with E-state index in [0.717, 1.165) is 11.1 Å². The van der Waals surface area contributed by atoms with Crippen molar-refractivity contribution in [3.8, 4) is 5.75 Å². The highest BCUT2D eigenvalue weighted by molar-refractivity contribution is 6.28. The zero-order chi connectivity index (χ0) is 8.27. The Labute approximate surface area is 70.9 Å². The maximum atomic E-state index is 9.31. The van der Waals surface area contributed by atoms with Gasteiger partial charge in [-0.05, 0) is 18.6 Å². The second-order valence-electron chi connectivity index (χ2n) is 2.31. The highest BCUT2D eigenvalue weighted by atomic mass is 35.5. The van der Waals surface area contributed by atoms with E-state index in [1.165, 1.54) is 5.54 Å². The fourth-order valence-electron chi connectivity index (χ4n) is 0.866. The first kappa shape index (κ1) is 8.15. The van der Waals surface area contributed by atoms with Gasteiger partial charge in [0.25, 0.3) is 0 Å². The van der Waals surface area contributed by atoms with E-state index in [2.05, 4.69) is 0 Å². The van der Waals surface area contributed by atoms with Crippen LogP contribution in [-0.4, -0.2) is 5.11 Å². The Morgan fingerprint density at radius 3 is 2.64 bits per heavy atom. The lowest BCUT2D eigenvalue weighted by Gasteiger charge is -2.01. The highest BCUT2D eigenvalue weighted by Gasteiger charge is 1.99. The number of aromatic hydroxyl groups is 1. The Kier molecular flexibility index (Phi) is 2.55. The molecule has 1 rings (SSSR count). The van der Waals surface area contributed by atoms with E-state index in [1.807, 2.05) is 19.1 Å². The van der Waals surface area contributed by atoms with Crippen molar-refractivity contribution in [2.45, 2.75) is 6.92 Å². The Morgan fingerprint density at radius 1 is 1.45 bits per heavy atom. The molecule has 1 N–H and O–H groups in total. The summed E-state index contributed by atoms with van der Waals surface area (Å²) in [6.45, 7) is 1.85. The minimum Gasteiger partial charge on any atom is -0.507 e. The lowest BCUT2D eigenvalue weighted by molar-refractivity contribution is 0.473. The van der Waals surface area contributed by atoms with E-state index in [-0.39, 0.29) is 5.75 Å². The zero-order valence-corrected chi connectivity index (χ0v) is 6.97. The van der Waals surface area contributed by atoms with Gasteiger partial charge in [-0.25, -0.2) is 0 Å². The van der Waals surface area contributed by atoms with Crippen molar-refractivity contribution in [3.63, 3.8) is 0 Å².